The third-order valence-electron chi connectivity index (χ3n) is 5.27. The van der Waals surface area contributed by atoms with E-state index in [0.29, 0.717) is 18.7 Å². The standard InChI is InChI=1S/C24H32N4O4/c1-5-6-16-26(17-22-8-7-15-25(22)4)24(30)18-27(19(2)3)23(29)14-11-20-9-12-21(13-10-20)28(31)32/h7-15,19H,5-6,16-18H2,1-4H3/b14-11+. The second-order valence-corrected chi connectivity index (χ2v) is 8.02. The summed E-state index contributed by atoms with van der Waals surface area (Å²) in [5.74, 6) is -0.369. The first-order valence-electron chi connectivity index (χ1n) is 10.8. The molecule has 0 aliphatic heterocycles. The van der Waals surface area contributed by atoms with Crippen LogP contribution in [0.25, 0.3) is 6.08 Å². The number of aromatic nitrogens is 1. The topological polar surface area (TPSA) is 88.7 Å². The third kappa shape index (κ3) is 7.08. The fraction of sp³-hybridized carbons (Fsp3) is 0.417. The van der Waals surface area contributed by atoms with Gasteiger partial charge in [0.2, 0.25) is 11.8 Å². The van der Waals surface area contributed by atoms with Gasteiger partial charge in [0.05, 0.1) is 11.5 Å². The van der Waals surface area contributed by atoms with Crippen LogP contribution in [0.3, 0.4) is 0 Å². The lowest BCUT2D eigenvalue weighted by molar-refractivity contribution is -0.384. The monoisotopic (exact) mass is 440 g/mol. The van der Waals surface area contributed by atoms with Crippen molar-refractivity contribution in [1.29, 1.82) is 0 Å². The maximum atomic E-state index is 13.1. The number of carbonyl (C=O) groups excluding carboxylic acids is 2. The molecule has 1 heterocycles. The van der Waals surface area contributed by atoms with Gasteiger partial charge in [-0.2, -0.15) is 0 Å². The summed E-state index contributed by atoms with van der Waals surface area (Å²) in [6, 6.07) is 9.73. The molecule has 0 aliphatic rings. The van der Waals surface area contributed by atoms with Gasteiger partial charge in [-0.25, -0.2) is 0 Å². The summed E-state index contributed by atoms with van der Waals surface area (Å²) in [6.07, 6.45) is 6.82. The van der Waals surface area contributed by atoms with Crippen molar-refractivity contribution in [2.24, 2.45) is 7.05 Å². The number of aryl methyl sites for hydroxylation is 1. The van der Waals surface area contributed by atoms with Crippen LogP contribution in [0.5, 0.6) is 0 Å². The Balaban J connectivity index is 2.09. The minimum Gasteiger partial charge on any atom is -0.353 e. The van der Waals surface area contributed by atoms with E-state index < -0.39 is 4.92 Å². The van der Waals surface area contributed by atoms with Crippen LogP contribution in [0.15, 0.2) is 48.7 Å². The van der Waals surface area contributed by atoms with Crippen LogP contribution >= 0.6 is 0 Å². The average molecular weight is 441 g/mol. The van der Waals surface area contributed by atoms with Gasteiger partial charge in [0.25, 0.3) is 5.69 Å². The number of non-ortho nitro benzene ring substituents is 1. The van der Waals surface area contributed by atoms with Crippen LogP contribution < -0.4 is 0 Å². The van der Waals surface area contributed by atoms with Crippen LogP contribution in [0.4, 0.5) is 5.69 Å². The van der Waals surface area contributed by atoms with Crippen molar-refractivity contribution in [3.63, 3.8) is 0 Å². The largest absolute Gasteiger partial charge is 0.353 e. The number of nitro benzene ring substituents is 1. The fourth-order valence-corrected chi connectivity index (χ4v) is 3.23. The van der Waals surface area contributed by atoms with Gasteiger partial charge < -0.3 is 14.4 Å². The number of rotatable bonds is 11. The maximum absolute atomic E-state index is 13.1. The number of hydrogen-bond acceptors (Lipinski definition) is 4. The second-order valence-electron chi connectivity index (χ2n) is 8.02. The summed E-state index contributed by atoms with van der Waals surface area (Å²) in [5.41, 5.74) is 1.70. The molecule has 0 fully saturated rings. The first-order chi connectivity index (χ1) is 15.2. The van der Waals surface area contributed by atoms with Crippen LogP contribution in [-0.4, -0.2) is 50.2 Å². The maximum Gasteiger partial charge on any atom is 0.269 e. The van der Waals surface area contributed by atoms with Crippen molar-refractivity contribution < 1.29 is 14.5 Å². The SMILES string of the molecule is CCCCN(Cc1cccn1C)C(=O)CN(C(=O)/C=C/c1ccc([N+](=O)[O-])cc1)C(C)C. The molecule has 2 aromatic rings. The number of nitrogens with zero attached hydrogens (tertiary/aromatic N) is 4. The highest BCUT2D eigenvalue weighted by atomic mass is 16.6. The second kappa shape index (κ2) is 11.8. The van der Waals surface area contributed by atoms with Gasteiger partial charge in [0.15, 0.2) is 0 Å². The van der Waals surface area contributed by atoms with Crippen molar-refractivity contribution in [2.75, 3.05) is 13.1 Å². The Hall–Kier alpha value is -3.42. The van der Waals surface area contributed by atoms with Gasteiger partial charge in [-0.15, -0.1) is 0 Å². The molecular weight excluding hydrogens is 408 g/mol. The number of hydrogen-bond donors (Lipinski definition) is 0. The van der Waals surface area contributed by atoms with Crippen molar-refractivity contribution >= 4 is 23.6 Å². The summed E-state index contributed by atoms with van der Waals surface area (Å²) in [6.45, 7) is 6.96. The average Bonchev–Trinajstić information content (AvgIpc) is 3.17. The molecule has 8 nitrogen and oxygen atoms in total. The first kappa shape index (κ1) is 24.8. The van der Waals surface area contributed by atoms with Gasteiger partial charge in [0, 0.05) is 49.7 Å². The number of unbranched alkanes of at least 4 members (excludes halogenated alkanes) is 1. The molecule has 0 bridgehead atoms. The Morgan fingerprint density at radius 2 is 1.88 bits per heavy atom. The van der Waals surface area contributed by atoms with Gasteiger partial charge >= 0.3 is 0 Å². The van der Waals surface area contributed by atoms with E-state index in [-0.39, 0.29) is 30.1 Å². The third-order valence-corrected chi connectivity index (χ3v) is 5.27. The first-order valence-corrected chi connectivity index (χ1v) is 10.8. The van der Waals surface area contributed by atoms with Crippen LogP contribution in [-0.2, 0) is 23.2 Å². The highest BCUT2D eigenvalue weighted by molar-refractivity contribution is 5.94. The summed E-state index contributed by atoms with van der Waals surface area (Å²) in [7, 11) is 1.95. The highest BCUT2D eigenvalue weighted by Crippen LogP contribution is 2.14. The number of carbonyl (C=O) groups is 2. The fourth-order valence-electron chi connectivity index (χ4n) is 3.23. The molecule has 0 saturated heterocycles. The Morgan fingerprint density at radius 1 is 1.19 bits per heavy atom. The number of amides is 2. The molecule has 0 radical (unpaired) electrons. The summed E-state index contributed by atoms with van der Waals surface area (Å²) in [4.78, 5) is 39.6. The number of benzene rings is 1. The zero-order chi connectivity index (χ0) is 23.7. The van der Waals surface area contributed by atoms with E-state index in [1.807, 2.05) is 48.7 Å². The van der Waals surface area contributed by atoms with Gasteiger partial charge in [-0.3, -0.25) is 19.7 Å². The minimum atomic E-state index is -0.468. The normalized spacial score (nSPS) is 11.2. The Kier molecular flexibility index (Phi) is 9.19. The van der Waals surface area contributed by atoms with Gasteiger partial charge in [0.1, 0.15) is 6.54 Å². The minimum absolute atomic E-state index is 0.00472. The Morgan fingerprint density at radius 3 is 2.41 bits per heavy atom. The molecule has 0 saturated carbocycles. The molecule has 1 aromatic heterocycles. The van der Waals surface area contributed by atoms with Crippen molar-refractivity contribution in [2.45, 2.75) is 46.2 Å². The molecule has 0 N–H and O–H groups in total. The van der Waals surface area contributed by atoms with E-state index in [4.69, 9.17) is 0 Å². The van der Waals surface area contributed by atoms with Crippen molar-refractivity contribution in [1.82, 2.24) is 14.4 Å². The van der Waals surface area contributed by atoms with Gasteiger partial charge in [-0.05, 0) is 56.2 Å². The predicted molar refractivity (Wildman–Crippen MR) is 125 cm³/mol. The zero-order valence-electron chi connectivity index (χ0n) is 19.2. The van der Waals surface area contributed by atoms with Crippen LogP contribution in [0.2, 0.25) is 0 Å². The Labute approximate surface area is 189 Å². The van der Waals surface area contributed by atoms with Gasteiger partial charge in [-0.1, -0.05) is 13.3 Å². The zero-order valence-corrected chi connectivity index (χ0v) is 19.2. The molecule has 1 aromatic carbocycles. The van der Waals surface area contributed by atoms with Crippen molar-refractivity contribution in [3.8, 4) is 0 Å². The summed E-state index contributed by atoms with van der Waals surface area (Å²) < 4.78 is 1.99. The number of nitro groups is 1. The summed E-state index contributed by atoms with van der Waals surface area (Å²) >= 11 is 0. The van der Waals surface area contributed by atoms with E-state index in [0.717, 1.165) is 18.5 Å². The molecule has 0 atom stereocenters. The molecule has 0 unspecified atom stereocenters. The Bertz CT molecular complexity index is 947. The molecule has 172 valence electrons. The molecule has 0 aliphatic carbocycles. The van der Waals surface area contributed by atoms with E-state index in [1.54, 1.807) is 18.2 Å². The molecule has 32 heavy (non-hydrogen) atoms. The van der Waals surface area contributed by atoms with E-state index in [2.05, 4.69) is 6.92 Å². The lowest BCUT2D eigenvalue weighted by atomic mass is 10.2. The lowest BCUT2D eigenvalue weighted by Gasteiger charge is -2.29. The lowest BCUT2D eigenvalue weighted by Crippen LogP contribution is -2.45. The quantitative estimate of drug-likeness (QED) is 0.300. The molecule has 0 spiro atoms. The molecule has 2 rings (SSSR count). The van der Waals surface area contributed by atoms with E-state index >= 15 is 0 Å². The molecular formula is C24H32N4O4. The smallest absolute Gasteiger partial charge is 0.269 e. The van der Waals surface area contributed by atoms with Crippen LogP contribution in [0, 0.1) is 10.1 Å². The molecule has 2 amide bonds. The summed E-state index contributed by atoms with van der Waals surface area (Å²) in [5, 5.41) is 10.8. The van der Waals surface area contributed by atoms with E-state index in [9.17, 15) is 19.7 Å². The van der Waals surface area contributed by atoms with Crippen molar-refractivity contribution in [3.05, 3.63) is 70.0 Å². The highest BCUT2D eigenvalue weighted by Gasteiger charge is 2.22. The molecule has 8 heteroatoms. The van der Waals surface area contributed by atoms with E-state index in [1.165, 1.54) is 23.1 Å². The van der Waals surface area contributed by atoms with Crippen LogP contribution in [0.1, 0.15) is 44.9 Å². The predicted octanol–water partition coefficient (Wildman–Crippen LogP) is 4.01.